The Hall–Kier alpha value is -5.18. The molecule has 1 heterocycles. The number of nitrogens with zero attached hydrogens (tertiary/aromatic N) is 2. The lowest BCUT2D eigenvalue weighted by atomic mass is 10.1. The average Bonchev–Trinajstić information content (AvgIpc) is 3.31. The van der Waals surface area contributed by atoms with E-state index in [4.69, 9.17) is 4.74 Å². The van der Waals surface area contributed by atoms with Gasteiger partial charge in [0.05, 0.1) is 12.7 Å². The zero-order valence-corrected chi connectivity index (χ0v) is 24.8. The Morgan fingerprint density at radius 3 is 2.20 bits per heavy atom. The molecule has 0 saturated carbocycles. The molecule has 44 heavy (non-hydrogen) atoms. The molecule has 0 radical (unpaired) electrons. The number of benzene rings is 4. The van der Waals surface area contributed by atoms with Crippen LogP contribution in [0.3, 0.4) is 0 Å². The number of aryl methyl sites for hydroxylation is 1. The quantitative estimate of drug-likeness (QED) is 0.274. The zero-order chi connectivity index (χ0) is 31.1. The van der Waals surface area contributed by atoms with Crippen LogP contribution >= 0.6 is 0 Å². The summed E-state index contributed by atoms with van der Waals surface area (Å²) in [5.41, 5.74) is 4.49. The molecule has 9 heteroatoms. The van der Waals surface area contributed by atoms with Crippen molar-refractivity contribution in [2.24, 2.45) is 0 Å². The fourth-order valence-corrected chi connectivity index (χ4v) is 5.14. The van der Waals surface area contributed by atoms with Crippen LogP contribution < -0.4 is 20.3 Å². The Balaban J connectivity index is 1.35. The van der Waals surface area contributed by atoms with Crippen LogP contribution in [-0.2, 0) is 6.54 Å². The van der Waals surface area contributed by atoms with Gasteiger partial charge < -0.3 is 25.2 Å². The van der Waals surface area contributed by atoms with Crippen LogP contribution in [0.5, 0.6) is 5.75 Å². The predicted molar refractivity (Wildman–Crippen MR) is 169 cm³/mol. The minimum Gasteiger partial charge on any atom is -0.497 e. The van der Waals surface area contributed by atoms with Gasteiger partial charge in [0.25, 0.3) is 17.7 Å². The summed E-state index contributed by atoms with van der Waals surface area (Å²) in [6.07, 6.45) is 0.713. The highest BCUT2D eigenvalue weighted by Crippen LogP contribution is 2.27. The number of nitrogens with one attached hydrogen (secondary N) is 2. The molecule has 0 aliphatic carbocycles. The summed E-state index contributed by atoms with van der Waals surface area (Å²) >= 11 is 0. The van der Waals surface area contributed by atoms with E-state index in [0.29, 0.717) is 66.4 Å². The summed E-state index contributed by atoms with van der Waals surface area (Å²) in [6.45, 7) is 4.39. The molecule has 0 bridgehead atoms. The molecular weight excluding hydrogens is 559 g/mol. The van der Waals surface area contributed by atoms with Crippen LogP contribution in [0.4, 0.5) is 15.8 Å². The third-order valence-electron chi connectivity index (χ3n) is 7.64. The lowest BCUT2D eigenvalue weighted by Gasteiger charge is -2.26. The lowest BCUT2D eigenvalue weighted by Crippen LogP contribution is -2.36. The standard InChI is InChI=1S/C35H35FN4O4/c1-24-4-8-26(9-5-24)33(41)38-29-14-17-32(31(22-29)34(42)37-23-25-6-12-28(36)13-7-25)39-18-3-19-40(21-20-39)35(43)27-10-15-30(44-2)16-11-27/h4-17,22H,3,18-21,23H2,1-2H3,(H,37,42)(H,38,41). The normalized spacial score (nSPS) is 13.2. The monoisotopic (exact) mass is 594 g/mol. The van der Waals surface area contributed by atoms with Gasteiger partial charge in [-0.2, -0.15) is 0 Å². The van der Waals surface area contributed by atoms with Gasteiger partial charge >= 0.3 is 0 Å². The molecular formula is C35H35FN4O4. The lowest BCUT2D eigenvalue weighted by molar-refractivity contribution is 0.0766. The maximum Gasteiger partial charge on any atom is 0.255 e. The number of carbonyl (C=O) groups is 3. The highest BCUT2D eigenvalue weighted by molar-refractivity contribution is 6.06. The Morgan fingerprint density at radius 2 is 1.50 bits per heavy atom. The van der Waals surface area contributed by atoms with Crippen molar-refractivity contribution in [3.63, 3.8) is 0 Å². The van der Waals surface area contributed by atoms with Gasteiger partial charge in [-0.1, -0.05) is 29.8 Å². The zero-order valence-electron chi connectivity index (χ0n) is 24.8. The third kappa shape index (κ3) is 7.42. The second kappa shape index (κ2) is 13.9. The number of anilines is 2. The third-order valence-corrected chi connectivity index (χ3v) is 7.64. The number of hydrogen-bond acceptors (Lipinski definition) is 5. The summed E-state index contributed by atoms with van der Waals surface area (Å²) < 4.78 is 18.6. The van der Waals surface area contributed by atoms with E-state index in [9.17, 15) is 18.8 Å². The van der Waals surface area contributed by atoms with Crippen molar-refractivity contribution in [3.8, 4) is 5.75 Å². The first-order valence-electron chi connectivity index (χ1n) is 14.5. The van der Waals surface area contributed by atoms with Crippen LogP contribution in [0.1, 0.15) is 48.6 Å². The van der Waals surface area contributed by atoms with Crippen molar-refractivity contribution in [2.75, 3.05) is 43.5 Å². The van der Waals surface area contributed by atoms with Gasteiger partial charge in [-0.3, -0.25) is 14.4 Å². The van der Waals surface area contributed by atoms with E-state index in [1.54, 1.807) is 67.8 Å². The average molecular weight is 595 g/mol. The van der Waals surface area contributed by atoms with E-state index in [0.717, 1.165) is 11.1 Å². The fourth-order valence-electron chi connectivity index (χ4n) is 5.14. The van der Waals surface area contributed by atoms with E-state index in [-0.39, 0.29) is 30.1 Å². The first kappa shape index (κ1) is 30.3. The maximum atomic E-state index is 13.6. The molecule has 4 aromatic rings. The van der Waals surface area contributed by atoms with E-state index >= 15 is 0 Å². The molecule has 1 aliphatic rings. The molecule has 2 N–H and O–H groups in total. The van der Waals surface area contributed by atoms with E-state index in [1.807, 2.05) is 30.0 Å². The molecule has 1 aliphatic heterocycles. The highest BCUT2D eigenvalue weighted by Gasteiger charge is 2.24. The van der Waals surface area contributed by atoms with Crippen molar-refractivity contribution in [1.29, 1.82) is 0 Å². The molecule has 0 aromatic heterocycles. The van der Waals surface area contributed by atoms with Crippen LogP contribution in [0, 0.1) is 12.7 Å². The Kier molecular flexibility index (Phi) is 9.54. The van der Waals surface area contributed by atoms with Crippen molar-refractivity contribution in [3.05, 3.63) is 125 Å². The largest absolute Gasteiger partial charge is 0.497 e. The minimum absolute atomic E-state index is 0.0547. The molecule has 0 unspecified atom stereocenters. The summed E-state index contributed by atoms with van der Waals surface area (Å²) in [4.78, 5) is 43.7. The molecule has 3 amide bonds. The van der Waals surface area contributed by atoms with Gasteiger partial charge in [-0.05, 0) is 85.6 Å². The number of rotatable bonds is 8. The van der Waals surface area contributed by atoms with Crippen molar-refractivity contribution >= 4 is 29.1 Å². The smallest absolute Gasteiger partial charge is 0.255 e. The molecule has 8 nitrogen and oxygen atoms in total. The van der Waals surface area contributed by atoms with Gasteiger partial charge in [-0.25, -0.2) is 4.39 Å². The number of ether oxygens (including phenoxy) is 1. The van der Waals surface area contributed by atoms with Gasteiger partial charge in [0, 0.05) is 55.2 Å². The maximum absolute atomic E-state index is 13.6. The first-order chi connectivity index (χ1) is 21.3. The van der Waals surface area contributed by atoms with Crippen molar-refractivity contribution < 1.29 is 23.5 Å². The fraction of sp³-hybridized carbons (Fsp3) is 0.229. The van der Waals surface area contributed by atoms with Gasteiger partial charge in [0.1, 0.15) is 11.6 Å². The Bertz CT molecular complexity index is 1620. The van der Waals surface area contributed by atoms with E-state index in [2.05, 4.69) is 15.5 Å². The summed E-state index contributed by atoms with van der Waals surface area (Å²) in [5.74, 6) is -0.322. The van der Waals surface area contributed by atoms with Gasteiger partial charge in [0.15, 0.2) is 0 Å². The van der Waals surface area contributed by atoms with Gasteiger partial charge in [0.2, 0.25) is 0 Å². The predicted octanol–water partition coefficient (Wildman–Crippen LogP) is 5.68. The summed E-state index contributed by atoms with van der Waals surface area (Å²) in [6, 6.07) is 25.5. The highest BCUT2D eigenvalue weighted by atomic mass is 19.1. The van der Waals surface area contributed by atoms with Crippen molar-refractivity contribution in [1.82, 2.24) is 10.2 Å². The molecule has 226 valence electrons. The summed E-state index contributed by atoms with van der Waals surface area (Å²) in [7, 11) is 1.59. The second-order valence-corrected chi connectivity index (χ2v) is 10.7. The molecule has 0 spiro atoms. The van der Waals surface area contributed by atoms with Gasteiger partial charge in [-0.15, -0.1) is 0 Å². The Labute approximate surface area is 256 Å². The van der Waals surface area contributed by atoms with Crippen LogP contribution in [0.25, 0.3) is 0 Å². The van der Waals surface area contributed by atoms with E-state index in [1.165, 1.54) is 12.1 Å². The molecule has 1 saturated heterocycles. The number of methoxy groups -OCH3 is 1. The topological polar surface area (TPSA) is 91.0 Å². The first-order valence-corrected chi connectivity index (χ1v) is 14.5. The number of carbonyl (C=O) groups excluding carboxylic acids is 3. The number of hydrogen-bond donors (Lipinski definition) is 2. The molecule has 0 atom stereocenters. The SMILES string of the molecule is COc1ccc(C(=O)N2CCCN(c3ccc(NC(=O)c4ccc(C)cc4)cc3C(=O)NCc3ccc(F)cc3)CC2)cc1. The van der Waals surface area contributed by atoms with Crippen molar-refractivity contribution in [2.45, 2.75) is 19.9 Å². The second-order valence-electron chi connectivity index (χ2n) is 10.7. The number of amides is 3. The molecule has 1 fully saturated rings. The summed E-state index contributed by atoms with van der Waals surface area (Å²) in [5, 5.41) is 5.83. The van der Waals surface area contributed by atoms with E-state index < -0.39 is 0 Å². The van der Waals surface area contributed by atoms with Crippen LogP contribution in [0.2, 0.25) is 0 Å². The van der Waals surface area contributed by atoms with Crippen LogP contribution in [-0.4, -0.2) is 55.9 Å². The molecule has 4 aromatic carbocycles. The molecule has 5 rings (SSSR count). The number of halogens is 1. The Morgan fingerprint density at radius 1 is 0.795 bits per heavy atom. The minimum atomic E-state index is -0.347. The van der Waals surface area contributed by atoms with Crippen LogP contribution in [0.15, 0.2) is 91.0 Å².